The van der Waals surface area contributed by atoms with Crippen LogP contribution in [0.1, 0.15) is 17.3 Å². The molecule has 16 heavy (non-hydrogen) atoms. The maximum absolute atomic E-state index is 9.32. The van der Waals surface area contributed by atoms with E-state index in [0.29, 0.717) is 0 Å². The smallest absolute Gasteiger partial charge is 0.0710 e. The number of rotatable bonds is 1. The molecule has 1 aromatic carbocycles. The molecule has 0 fully saturated rings. The van der Waals surface area contributed by atoms with Gasteiger partial charge < -0.3 is 15.4 Å². The van der Waals surface area contributed by atoms with Gasteiger partial charge in [-0.25, -0.2) is 0 Å². The van der Waals surface area contributed by atoms with Crippen LogP contribution in [0.25, 0.3) is 10.9 Å². The van der Waals surface area contributed by atoms with Crippen molar-refractivity contribution in [3.05, 3.63) is 34.5 Å². The highest BCUT2D eigenvalue weighted by molar-refractivity contribution is 6.35. The molecule has 0 bridgehead atoms. The van der Waals surface area contributed by atoms with E-state index in [-0.39, 0.29) is 12.6 Å². The lowest BCUT2D eigenvalue weighted by atomic mass is 10.00. The van der Waals surface area contributed by atoms with Crippen molar-refractivity contribution >= 4 is 22.5 Å². The van der Waals surface area contributed by atoms with E-state index >= 15 is 0 Å². The number of nitrogens with one attached hydrogen (secondary N) is 2. The van der Waals surface area contributed by atoms with Crippen LogP contribution >= 0.6 is 11.6 Å². The third-order valence-corrected chi connectivity index (χ3v) is 3.52. The molecule has 0 saturated carbocycles. The number of fused-ring (bicyclic) bond motifs is 3. The van der Waals surface area contributed by atoms with E-state index in [1.165, 1.54) is 5.56 Å². The molecule has 1 aliphatic heterocycles. The molecular formula is C12H13ClN2O. The summed E-state index contributed by atoms with van der Waals surface area (Å²) in [6.07, 6.45) is 0.954. The Morgan fingerprint density at radius 3 is 3.12 bits per heavy atom. The quantitative estimate of drug-likeness (QED) is 0.709. The fourth-order valence-corrected chi connectivity index (χ4v) is 2.77. The Morgan fingerprint density at radius 1 is 1.44 bits per heavy atom. The summed E-state index contributed by atoms with van der Waals surface area (Å²) in [5.74, 6) is 0. The molecule has 0 radical (unpaired) electrons. The van der Waals surface area contributed by atoms with Crippen molar-refractivity contribution in [1.29, 1.82) is 0 Å². The van der Waals surface area contributed by atoms with Gasteiger partial charge in [0.05, 0.1) is 17.7 Å². The molecule has 0 spiro atoms. The third-order valence-electron chi connectivity index (χ3n) is 3.21. The van der Waals surface area contributed by atoms with Gasteiger partial charge in [0.25, 0.3) is 0 Å². The molecule has 3 N–H and O–H groups in total. The summed E-state index contributed by atoms with van der Waals surface area (Å²) in [4.78, 5) is 3.35. The van der Waals surface area contributed by atoms with E-state index in [4.69, 9.17) is 11.6 Å². The van der Waals surface area contributed by atoms with Gasteiger partial charge in [0.2, 0.25) is 0 Å². The van der Waals surface area contributed by atoms with Crippen molar-refractivity contribution < 1.29 is 5.11 Å². The highest BCUT2D eigenvalue weighted by atomic mass is 35.5. The zero-order valence-corrected chi connectivity index (χ0v) is 9.51. The summed E-state index contributed by atoms with van der Waals surface area (Å²) in [5.41, 5.74) is 3.38. The van der Waals surface area contributed by atoms with Crippen molar-refractivity contribution in [3.63, 3.8) is 0 Å². The minimum Gasteiger partial charge on any atom is -0.394 e. The zero-order valence-electron chi connectivity index (χ0n) is 8.76. The average molecular weight is 237 g/mol. The molecule has 2 aromatic rings. The number of hydrogen-bond donors (Lipinski definition) is 3. The van der Waals surface area contributed by atoms with Gasteiger partial charge in [-0.1, -0.05) is 17.7 Å². The van der Waals surface area contributed by atoms with E-state index in [0.717, 1.165) is 34.6 Å². The number of aromatic amines is 1. The third kappa shape index (κ3) is 1.36. The molecule has 0 saturated heterocycles. The molecule has 0 amide bonds. The van der Waals surface area contributed by atoms with Crippen LogP contribution in [0.3, 0.4) is 0 Å². The number of H-pyrrole nitrogens is 1. The molecule has 1 aromatic heterocycles. The number of aliphatic hydroxyl groups excluding tert-OH is 1. The Labute approximate surface area is 98.4 Å². The monoisotopic (exact) mass is 236 g/mol. The van der Waals surface area contributed by atoms with Crippen molar-refractivity contribution in [1.82, 2.24) is 10.3 Å². The summed E-state index contributed by atoms with van der Waals surface area (Å²) in [5, 5.41) is 14.5. The topological polar surface area (TPSA) is 48.0 Å². The summed E-state index contributed by atoms with van der Waals surface area (Å²) in [6.45, 7) is 0.994. The maximum Gasteiger partial charge on any atom is 0.0710 e. The highest BCUT2D eigenvalue weighted by Crippen LogP contribution is 2.33. The Kier molecular flexibility index (Phi) is 2.39. The van der Waals surface area contributed by atoms with Crippen molar-refractivity contribution in [3.8, 4) is 0 Å². The van der Waals surface area contributed by atoms with Crippen LogP contribution in [0, 0.1) is 0 Å². The first-order valence-electron chi connectivity index (χ1n) is 5.44. The Bertz CT molecular complexity index is 535. The van der Waals surface area contributed by atoms with Gasteiger partial charge in [-0.3, -0.25) is 0 Å². The fourth-order valence-electron chi connectivity index (χ4n) is 2.48. The van der Waals surface area contributed by atoms with E-state index in [2.05, 4.69) is 10.3 Å². The van der Waals surface area contributed by atoms with E-state index in [1.807, 2.05) is 18.2 Å². The second-order valence-corrected chi connectivity index (χ2v) is 4.53. The standard InChI is InChI=1S/C12H13ClN2O/c13-8-2-1-3-9-11(8)7-4-5-14-10(6-16)12(7)15-9/h1-3,10,14-16H,4-6H2. The number of aliphatic hydroxyl groups is 1. The Balaban J connectivity index is 2.29. The molecule has 3 rings (SSSR count). The molecule has 1 unspecified atom stereocenters. The summed E-state index contributed by atoms with van der Waals surface area (Å²) in [6, 6.07) is 5.88. The summed E-state index contributed by atoms with van der Waals surface area (Å²) >= 11 is 6.22. The molecule has 1 atom stereocenters. The number of halogens is 1. The van der Waals surface area contributed by atoms with Crippen LogP contribution in [0.2, 0.25) is 5.02 Å². The minimum atomic E-state index is 0.00668. The first-order chi connectivity index (χ1) is 7.81. The lowest BCUT2D eigenvalue weighted by Gasteiger charge is -2.22. The molecule has 1 aliphatic rings. The van der Waals surface area contributed by atoms with Crippen LogP contribution in [-0.4, -0.2) is 23.2 Å². The highest BCUT2D eigenvalue weighted by Gasteiger charge is 2.23. The van der Waals surface area contributed by atoms with Crippen LogP contribution in [0.5, 0.6) is 0 Å². The predicted molar refractivity (Wildman–Crippen MR) is 64.8 cm³/mol. The van der Waals surface area contributed by atoms with Crippen molar-refractivity contribution in [2.24, 2.45) is 0 Å². The van der Waals surface area contributed by atoms with Crippen molar-refractivity contribution in [2.75, 3.05) is 13.2 Å². The molecule has 2 heterocycles. The largest absolute Gasteiger partial charge is 0.394 e. The second kappa shape index (κ2) is 3.77. The molecular weight excluding hydrogens is 224 g/mol. The number of benzene rings is 1. The first kappa shape index (κ1) is 10.1. The van der Waals surface area contributed by atoms with Gasteiger partial charge in [0, 0.05) is 16.6 Å². The molecule has 0 aliphatic carbocycles. The first-order valence-corrected chi connectivity index (χ1v) is 5.82. The average Bonchev–Trinajstić information content (AvgIpc) is 2.68. The van der Waals surface area contributed by atoms with Gasteiger partial charge >= 0.3 is 0 Å². The predicted octanol–water partition coefficient (Wildman–Crippen LogP) is 2.00. The lowest BCUT2D eigenvalue weighted by Crippen LogP contribution is -2.31. The van der Waals surface area contributed by atoms with Gasteiger partial charge in [-0.2, -0.15) is 0 Å². The molecule has 84 valence electrons. The van der Waals surface area contributed by atoms with E-state index < -0.39 is 0 Å². The van der Waals surface area contributed by atoms with Gasteiger partial charge in [0.1, 0.15) is 0 Å². The molecule has 3 nitrogen and oxygen atoms in total. The van der Waals surface area contributed by atoms with E-state index in [9.17, 15) is 5.11 Å². The number of hydrogen-bond acceptors (Lipinski definition) is 2. The van der Waals surface area contributed by atoms with Crippen LogP contribution in [0.4, 0.5) is 0 Å². The Hall–Kier alpha value is -1.03. The Morgan fingerprint density at radius 2 is 2.31 bits per heavy atom. The molecule has 4 heteroatoms. The number of aromatic nitrogens is 1. The van der Waals surface area contributed by atoms with E-state index in [1.54, 1.807) is 0 Å². The van der Waals surface area contributed by atoms with Crippen LogP contribution < -0.4 is 5.32 Å². The maximum atomic E-state index is 9.32. The van der Waals surface area contributed by atoms with Gasteiger partial charge in [-0.15, -0.1) is 0 Å². The normalized spacial score (nSPS) is 20.0. The lowest BCUT2D eigenvalue weighted by molar-refractivity contribution is 0.238. The van der Waals surface area contributed by atoms with Crippen LogP contribution in [-0.2, 0) is 6.42 Å². The SMILES string of the molecule is OCC1NCCc2c1[nH]c1cccc(Cl)c21. The zero-order chi connectivity index (χ0) is 11.1. The fraction of sp³-hybridized carbons (Fsp3) is 0.333. The minimum absolute atomic E-state index is 0.00668. The summed E-state index contributed by atoms with van der Waals surface area (Å²) < 4.78 is 0. The van der Waals surface area contributed by atoms with Gasteiger partial charge in [0.15, 0.2) is 0 Å². The summed E-state index contributed by atoms with van der Waals surface area (Å²) in [7, 11) is 0. The van der Waals surface area contributed by atoms with Crippen molar-refractivity contribution in [2.45, 2.75) is 12.5 Å². The second-order valence-electron chi connectivity index (χ2n) is 4.12. The van der Waals surface area contributed by atoms with Crippen LogP contribution in [0.15, 0.2) is 18.2 Å². The van der Waals surface area contributed by atoms with Gasteiger partial charge in [-0.05, 0) is 30.7 Å².